The largest absolute Gasteiger partial charge is 0.462 e. The van der Waals surface area contributed by atoms with Gasteiger partial charge in [-0.25, -0.2) is 4.79 Å². The lowest BCUT2D eigenvalue weighted by atomic mass is 10.2. The van der Waals surface area contributed by atoms with Gasteiger partial charge in [-0.3, -0.25) is 0 Å². The molecule has 18 heavy (non-hydrogen) atoms. The average Bonchev–Trinajstić information content (AvgIpc) is 2.26. The number of nitrogen functional groups attached to an aromatic ring is 1. The number of alkyl halides is 3. The Kier molecular flexibility index (Phi) is 5.01. The zero-order valence-electron chi connectivity index (χ0n) is 9.26. The van der Waals surface area contributed by atoms with Crippen molar-refractivity contribution in [1.29, 1.82) is 0 Å². The molecule has 7 heteroatoms. The molecule has 0 aromatic heterocycles. The van der Waals surface area contributed by atoms with Crippen molar-refractivity contribution >= 4 is 27.6 Å². The van der Waals surface area contributed by atoms with E-state index in [1.165, 1.54) is 6.07 Å². The lowest BCUT2D eigenvalue weighted by Gasteiger charge is -2.09. The van der Waals surface area contributed by atoms with Crippen molar-refractivity contribution in [3.8, 4) is 0 Å². The number of hydrogen-bond acceptors (Lipinski definition) is 3. The second-order valence-corrected chi connectivity index (χ2v) is 4.36. The maximum atomic E-state index is 11.9. The summed E-state index contributed by atoms with van der Waals surface area (Å²) < 4.78 is 40.7. The number of carbonyl (C=O) groups is 1. The Morgan fingerprint density at radius 3 is 2.67 bits per heavy atom. The monoisotopic (exact) mass is 325 g/mol. The van der Waals surface area contributed by atoms with Crippen molar-refractivity contribution in [3.05, 3.63) is 28.2 Å². The summed E-state index contributed by atoms with van der Waals surface area (Å²) in [5, 5.41) is 0. The smallest absolute Gasteiger partial charge is 0.389 e. The van der Waals surface area contributed by atoms with E-state index in [1.54, 1.807) is 12.1 Å². The van der Waals surface area contributed by atoms with E-state index in [0.717, 1.165) is 0 Å². The third kappa shape index (κ3) is 4.56. The number of benzene rings is 1. The SMILES string of the molecule is Nc1cccc(C(=O)OCCCC(F)(F)F)c1Br. The van der Waals surface area contributed by atoms with Crippen molar-refractivity contribution < 1.29 is 22.7 Å². The number of carbonyl (C=O) groups excluding carboxylic acids is 1. The molecule has 0 saturated heterocycles. The van der Waals surface area contributed by atoms with Crippen LogP contribution in [0, 0.1) is 0 Å². The lowest BCUT2D eigenvalue weighted by molar-refractivity contribution is -0.137. The van der Waals surface area contributed by atoms with Gasteiger partial charge in [0.1, 0.15) is 0 Å². The van der Waals surface area contributed by atoms with Gasteiger partial charge in [-0.05, 0) is 34.5 Å². The van der Waals surface area contributed by atoms with E-state index in [1.807, 2.05) is 0 Å². The van der Waals surface area contributed by atoms with Gasteiger partial charge in [0.15, 0.2) is 0 Å². The molecule has 3 nitrogen and oxygen atoms in total. The normalized spacial score (nSPS) is 11.3. The van der Waals surface area contributed by atoms with Gasteiger partial charge in [-0.1, -0.05) is 6.07 Å². The second kappa shape index (κ2) is 6.08. The van der Waals surface area contributed by atoms with Crippen molar-refractivity contribution in [1.82, 2.24) is 0 Å². The zero-order chi connectivity index (χ0) is 13.8. The molecule has 0 aliphatic rings. The van der Waals surface area contributed by atoms with Crippen molar-refractivity contribution in [2.24, 2.45) is 0 Å². The Morgan fingerprint density at radius 2 is 2.06 bits per heavy atom. The molecule has 0 saturated carbocycles. The molecule has 0 heterocycles. The fraction of sp³-hybridized carbons (Fsp3) is 0.364. The van der Waals surface area contributed by atoms with Crippen LogP contribution < -0.4 is 5.73 Å². The summed E-state index contributed by atoms with van der Waals surface area (Å²) in [6.45, 7) is -0.278. The molecule has 1 aromatic carbocycles. The molecule has 0 aliphatic heterocycles. The van der Waals surface area contributed by atoms with E-state index in [-0.39, 0.29) is 18.6 Å². The van der Waals surface area contributed by atoms with E-state index in [9.17, 15) is 18.0 Å². The molecule has 0 fully saturated rings. The Bertz CT molecular complexity index is 435. The molecule has 1 aromatic rings. The minimum absolute atomic E-state index is 0.196. The predicted molar refractivity (Wildman–Crippen MR) is 64.1 cm³/mol. The van der Waals surface area contributed by atoms with Crippen LogP contribution in [0.3, 0.4) is 0 Å². The van der Waals surface area contributed by atoms with Crippen LogP contribution in [0.1, 0.15) is 23.2 Å². The van der Waals surface area contributed by atoms with Crippen LogP contribution in [0.15, 0.2) is 22.7 Å². The Morgan fingerprint density at radius 1 is 1.39 bits per heavy atom. The Hall–Kier alpha value is -1.24. The highest BCUT2D eigenvalue weighted by Gasteiger charge is 2.26. The number of esters is 1. The van der Waals surface area contributed by atoms with Crippen LogP contribution in [0.25, 0.3) is 0 Å². The number of nitrogens with two attached hydrogens (primary N) is 1. The van der Waals surface area contributed by atoms with Crippen LogP contribution in [0.5, 0.6) is 0 Å². The van der Waals surface area contributed by atoms with Gasteiger partial charge in [0.05, 0.1) is 16.6 Å². The average molecular weight is 326 g/mol. The van der Waals surface area contributed by atoms with Crippen molar-refractivity contribution in [2.75, 3.05) is 12.3 Å². The summed E-state index contributed by atoms with van der Waals surface area (Å²) in [6.07, 6.45) is -5.46. The highest BCUT2D eigenvalue weighted by molar-refractivity contribution is 9.10. The van der Waals surface area contributed by atoms with Gasteiger partial charge in [-0.2, -0.15) is 13.2 Å². The standard InChI is InChI=1S/C11H11BrF3NO2/c12-9-7(3-1-4-8(9)16)10(17)18-6-2-5-11(13,14)15/h1,3-4H,2,5-6,16H2. The number of rotatable bonds is 4. The summed E-state index contributed by atoms with van der Waals surface area (Å²) in [4.78, 5) is 11.6. The summed E-state index contributed by atoms with van der Waals surface area (Å²) in [5.41, 5.74) is 6.12. The molecule has 0 spiro atoms. The third-order valence-corrected chi connectivity index (χ3v) is 2.97. The number of anilines is 1. The highest BCUT2D eigenvalue weighted by atomic mass is 79.9. The summed E-state index contributed by atoms with van der Waals surface area (Å²) in [6, 6.07) is 4.63. The van der Waals surface area contributed by atoms with Crippen LogP contribution in [0.2, 0.25) is 0 Å². The molecular formula is C11H11BrF3NO2. The minimum atomic E-state index is -4.23. The first-order chi connectivity index (χ1) is 8.31. The zero-order valence-corrected chi connectivity index (χ0v) is 10.8. The first-order valence-corrected chi connectivity index (χ1v) is 5.88. The third-order valence-electron chi connectivity index (χ3n) is 2.09. The molecule has 0 radical (unpaired) electrons. The van der Waals surface area contributed by atoms with Crippen LogP contribution >= 0.6 is 15.9 Å². The van der Waals surface area contributed by atoms with E-state index in [0.29, 0.717) is 10.2 Å². The molecule has 0 bridgehead atoms. The number of hydrogen-bond donors (Lipinski definition) is 1. The van der Waals surface area contributed by atoms with Crippen molar-refractivity contribution in [3.63, 3.8) is 0 Å². The fourth-order valence-electron chi connectivity index (χ4n) is 1.22. The fourth-order valence-corrected chi connectivity index (χ4v) is 1.65. The van der Waals surface area contributed by atoms with Gasteiger partial charge >= 0.3 is 12.1 Å². The molecule has 100 valence electrons. The first-order valence-electron chi connectivity index (χ1n) is 5.09. The van der Waals surface area contributed by atoms with Gasteiger partial charge in [0.2, 0.25) is 0 Å². The molecule has 2 N–H and O–H groups in total. The van der Waals surface area contributed by atoms with Crippen LogP contribution in [-0.4, -0.2) is 18.8 Å². The second-order valence-electron chi connectivity index (χ2n) is 3.56. The molecule has 0 atom stereocenters. The van der Waals surface area contributed by atoms with Gasteiger partial charge in [0, 0.05) is 12.1 Å². The predicted octanol–water partition coefficient (Wildman–Crippen LogP) is 3.53. The maximum absolute atomic E-state index is 11.9. The maximum Gasteiger partial charge on any atom is 0.389 e. The van der Waals surface area contributed by atoms with E-state index >= 15 is 0 Å². The molecule has 0 amide bonds. The number of halogens is 4. The van der Waals surface area contributed by atoms with E-state index < -0.39 is 18.6 Å². The lowest BCUT2D eigenvalue weighted by Crippen LogP contribution is -2.12. The van der Waals surface area contributed by atoms with Gasteiger partial charge in [-0.15, -0.1) is 0 Å². The minimum Gasteiger partial charge on any atom is -0.462 e. The number of ether oxygens (including phenoxy) is 1. The quantitative estimate of drug-likeness (QED) is 0.523. The summed E-state index contributed by atoms with van der Waals surface area (Å²) in [5.74, 6) is -0.698. The van der Waals surface area contributed by atoms with Gasteiger partial charge in [0.25, 0.3) is 0 Å². The highest BCUT2D eigenvalue weighted by Crippen LogP contribution is 2.25. The Labute approximate surface area is 110 Å². The molecule has 0 unspecified atom stereocenters. The van der Waals surface area contributed by atoms with Gasteiger partial charge < -0.3 is 10.5 Å². The molecule has 1 rings (SSSR count). The van der Waals surface area contributed by atoms with E-state index in [2.05, 4.69) is 15.9 Å². The molecular weight excluding hydrogens is 315 g/mol. The Balaban J connectivity index is 2.49. The van der Waals surface area contributed by atoms with Crippen LogP contribution in [-0.2, 0) is 4.74 Å². The topological polar surface area (TPSA) is 52.3 Å². The van der Waals surface area contributed by atoms with Crippen LogP contribution in [0.4, 0.5) is 18.9 Å². The summed E-state index contributed by atoms with van der Waals surface area (Å²) >= 11 is 3.12. The first kappa shape index (κ1) is 14.8. The van der Waals surface area contributed by atoms with E-state index in [4.69, 9.17) is 10.5 Å². The summed E-state index contributed by atoms with van der Waals surface area (Å²) in [7, 11) is 0. The molecule has 0 aliphatic carbocycles. The van der Waals surface area contributed by atoms with Crippen molar-refractivity contribution in [2.45, 2.75) is 19.0 Å².